The Morgan fingerprint density at radius 3 is 2.21 bits per heavy atom. The van der Waals surface area contributed by atoms with Crippen molar-refractivity contribution in [1.82, 2.24) is 9.21 Å². The second-order valence-corrected chi connectivity index (χ2v) is 10.5. The highest BCUT2D eigenvalue weighted by molar-refractivity contribution is 7.89. The Morgan fingerprint density at radius 1 is 0.931 bits per heavy atom. The number of piperidine rings is 1. The first kappa shape index (κ1) is 20.1. The van der Waals surface area contributed by atoms with Crippen molar-refractivity contribution in [3.63, 3.8) is 0 Å². The van der Waals surface area contributed by atoms with E-state index in [0.717, 1.165) is 31.5 Å². The van der Waals surface area contributed by atoms with Crippen LogP contribution in [0.5, 0.6) is 0 Å². The van der Waals surface area contributed by atoms with E-state index < -0.39 is 10.0 Å². The van der Waals surface area contributed by atoms with Gasteiger partial charge in [0.2, 0.25) is 10.0 Å². The molecule has 1 amide bonds. The third-order valence-corrected chi connectivity index (χ3v) is 7.85. The van der Waals surface area contributed by atoms with Crippen molar-refractivity contribution in [3.8, 4) is 0 Å². The molecule has 2 aromatic rings. The Labute approximate surface area is 173 Å². The van der Waals surface area contributed by atoms with E-state index in [0.29, 0.717) is 30.5 Å². The van der Waals surface area contributed by atoms with Crippen LogP contribution in [0.2, 0.25) is 0 Å². The monoisotopic (exact) mass is 412 g/mol. The van der Waals surface area contributed by atoms with E-state index in [-0.39, 0.29) is 10.8 Å². The van der Waals surface area contributed by atoms with Crippen LogP contribution in [0.15, 0.2) is 53.4 Å². The average molecular weight is 413 g/mol. The Kier molecular flexibility index (Phi) is 5.49. The van der Waals surface area contributed by atoms with Crippen LogP contribution < -0.4 is 0 Å². The highest BCUT2D eigenvalue weighted by Gasteiger charge is 2.29. The lowest BCUT2D eigenvalue weighted by atomic mass is 9.91. The molecule has 5 nitrogen and oxygen atoms in total. The number of likely N-dealkylation sites (tertiary alicyclic amines) is 1. The van der Waals surface area contributed by atoms with Crippen molar-refractivity contribution in [2.24, 2.45) is 11.8 Å². The van der Waals surface area contributed by atoms with Gasteiger partial charge in [-0.3, -0.25) is 4.79 Å². The summed E-state index contributed by atoms with van der Waals surface area (Å²) in [6, 6.07) is 14.4. The fourth-order valence-electron chi connectivity index (χ4n) is 4.60. The van der Waals surface area contributed by atoms with E-state index in [1.807, 2.05) is 23.1 Å². The molecule has 0 aromatic heterocycles. The van der Waals surface area contributed by atoms with Crippen molar-refractivity contribution in [2.75, 3.05) is 19.6 Å². The maximum atomic E-state index is 13.1. The van der Waals surface area contributed by atoms with Gasteiger partial charge in [0.25, 0.3) is 5.91 Å². The lowest BCUT2D eigenvalue weighted by molar-refractivity contribution is 0.0623. The van der Waals surface area contributed by atoms with Gasteiger partial charge in [0.15, 0.2) is 0 Å². The predicted octanol–water partition coefficient (Wildman–Crippen LogP) is 3.55. The molecule has 2 atom stereocenters. The summed E-state index contributed by atoms with van der Waals surface area (Å²) in [6.07, 6.45) is 1.86. The molecule has 0 N–H and O–H groups in total. The van der Waals surface area contributed by atoms with Gasteiger partial charge in [-0.15, -0.1) is 0 Å². The Balaban J connectivity index is 1.51. The average Bonchev–Trinajstić information content (AvgIpc) is 2.72. The SMILES string of the molecule is CC1CC(C)CN(C(=O)c2ccc(S(=O)(=O)N3CCc4ccccc4C3)cc2)C1. The number of hydrogen-bond acceptors (Lipinski definition) is 3. The zero-order chi connectivity index (χ0) is 20.6. The lowest BCUT2D eigenvalue weighted by Gasteiger charge is -2.35. The van der Waals surface area contributed by atoms with Gasteiger partial charge in [-0.2, -0.15) is 4.31 Å². The van der Waals surface area contributed by atoms with Gasteiger partial charge in [0.1, 0.15) is 0 Å². The Morgan fingerprint density at radius 2 is 1.55 bits per heavy atom. The summed E-state index contributed by atoms with van der Waals surface area (Å²) in [5, 5.41) is 0. The second kappa shape index (κ2) is 7.92. The lowest BCUT2D eigenvalue weighted by Crippen LogP contribution is -2.42. The van der Waals surface area contributed by atoms with Gasteiger partial charge < -0.3 is 4.90 Å². The van der Waals surface area contributed by atoms with Crippen molar-refractivity contribution < 1.29 is 13.2 Å². The number of nitrogens with zero attached hydrogens (tertiary/aromatic N) is 2. The second-order valence-electron chi connectivity index (χ2n) is 8.54. The molecule has 0 aliphatic carbocycles. The quantitative estimate of drug-likeness (QED) is 0.775. The van der Waals surface area contributed by atoms with E-state index in [2.05, 4.69) is 19.9 Å². The molecule has 4 rings (SSSR count). The molecule has 0 radical (unpaired) electrons. The van der Waals surface area contributed by atoms with E-state index in [9.17, 15) is 13.2 Å². The highest BCUT2D eigenvalue weighted by atomic mass is 32.2. The molecule has 0 bridgehead atoms. The number of rotatable bonds is 3. The predicted molar refractivity (Wildman–Crippen MR) is 113 cm³/mol. The molecule has 2 aromatic carbocycles. The van der Waals surface area contributed by atoms with E-state index in [4.69, 9.17) is 0 Å². The maximum Gasteiger partial charge on any atom is 0.253 e. The van der Waals surface area contributed by atoms with E-state index >= 15 is 0 Å². The molecule has 0 saturated carbocycles. The summed E-state index contributed by atoms with van der Waals surface area (Å²) < 4.78 is 27.7. The van der Waals surface area contributed by atoms with Crippen LogP contribution in [0.3, 0.4) is 0 Å². The molecule has 0 spiro atoms. The standard InChI is InChI=1S/C23H28N2O3S/c1-17-13-18(2)15-24(14-17)23(26)20-7-9-22(10-8-20)29(27,28)25-12-11-19-5-3-4-6-21(19)16-25/h3-10,17-18H,11-16H2,1-2H3. The number of carbonyl (C=O) groups is 1. The first-order valence-corrected chi connectivity index (χ1v) is 11.7. The summed E-state index contributed by atoms with van der Waals surface area (Å²) in [5.74, 6) is 0.966. The molecule has 2 heterocycles. The summed E-state index contributed by atoms with van der Waals surface area (Å²) >= 11 is 0. The molecule has 1 saturated heterocycles. The normalized spacial score (nSPS) is 22.9. The molecule has 29 heavy (non-hydrogen) atoms. The van der Waals surface area contributed by atoms with E-state index in [1.165, 1.54) is 9.87 Å². The first-order chi connectivity index (χ1) is 13.8. The van der Waals surface area contributed by atoms with Crippen LogP contribution in [0.4, 0.5) is 0 Å². The summed E-state index contributed by atoms with van der Waals surface area (Å²) in [7, 11) is -3.58. The Hall–Kier alpha value is -2.18. The van der Waals surface area contributed by atoms with Crippen molar-refractivity contribution >= 4 is 15.9 Å². The molecule has 2 aliphatic heterocycles. The number of hydrogen-bond donors (Lipinski definition) is 0. The van der Waals surface area contributed by atoms with Gasteiger partial charge in [0, 0.05) is 31.7 Å². The van der Waals surface area contributed by atoms with Crippen LogP contribution in [0, 0.1) is 11.8 Å². The third kappa shape index (κ3) is 4.09. The maximum absolute atomic E-state index is 13.1. The number of sulfonamides is 1. The molecule has 6 heteroatoms. The minimum atomic E-state index is -3.58. The highest BCUT2D eigenvalue weighted by Crippen LogP contribution is 2.26. The molecule has 154 valence electrons. The summed E-state index contributed by atoms with van der Waals surface area (Å²) in [6.45, 7) is 6.73. The largest absolute Gasteiger partial charge is 0.338 e. The van der Waals surface area contributed by atoms with Crippen LogP contribution >= 0.6 is 0 Å². The zero-order valence-electron chi connectivity index (χ0n) is 17.0. The minimum Gasteiger partial charge on any atom is -0.338 e. The van der Waals surface area contributed by atoms with E-state index in [1.54, 1.807) is 24.3 Å². The Bertz CT molecular complexity index is 991. The number of fused-ring (bicyclic) bond motifs is 1. The number of carbonyl (C=O) groups excluding carboxylic acids is 1. The molecule has 2 aliphatic rings. The molecular weight excluding hydrogens is 384 g/mol. The van der Waals surface area contributed by atoms with Crippen LogP contribution in [0.1, 0.15) is 41.8 Å². The first-order valence-electron chi connectivity index (χ1n) is 10.3. The topological polar surface area (TPSA) is 57.7 Å². The number of benzene rings is 2. The zero-order valence-corrected chi connectivity index (χ0v) is 17.9. The number of amides is 1. The van der Waals surface area contributed by atoms with Crippen LogP contribution in [-0.2, 0) is 23.0 Å². The van der Waals surface area contributed by atoms with Crippen LogP contribution in [-0.4, -0.2) is 43.2 Å². The summed E-state index contributed by atoms with van der Waals surface area (Å²) in [4.78, 5) is 15.0. The molecule has 1 fully saturated rings. The van der Waals surface area contributed by atoms with Gasteiger partial charge in [0.05, 0.1) is 4.90 Å². The minimum absolute atomic E-state index is 0.0146. The van der Waals surface area contributed by atoms with Crippen molar-refractivity contribution in [3.05, 3.63) is 65.2 Å². The van der Waals surface area contributed by atoms with Crippen molar-refractivity contribution in [1.29, 1.82) is 0 Å². The molecule has 2 unspecified atom stereocenters. The van der Waals surface area contributed by atoms with Crippen molar-refractivity contribution in [2.45, 2.75) is 38.1 Å². The van der Waals surface area contributed by atoms with Gasteiger partial charge in [-0.05, 0) is 60.1 Å². The van der Waals surface area contributed by atoms with Gasteiger partial charge >= 0.3 is 0 Å². The molecular formula is C23H28N2O3S. The fraction of sp³-hybridized carbons (Fsp3) is 0.435. The van der Waals surface area contributed by atoms with Crippen LogP contribution in [0.25, 0.3) is 0 Å². The van der Waals surface area contributed by atoms with Gasteiger partial charge in [-0.1, -0.05) is 38.1 Å². The smallest absolute Gasteiger partial charge is 0.253 e. The fourth-order valence-corrected chi connectivity index (χ4v) is 6.02. The summed E-state index contributed by atoms with van der Waals surface area (Å²) in [5.41, 5.74) is 2.82. The third-order valence-electron chi connectivity index (χ3n) is 5.99. The van der Waals surface area contributed by atoms with Gasteiger partial charge in [-0.25, -0.2) is 8.42 Å².